The van der Waals surface area contributed by atoms with Crippen LogP contribution in [-0.2, 0) is 14.1 Å². The zero-order chi connectivity index (χ0) is 13.1. The topological polar surface area (TPSA) is 47.6 Å². The second-order valence-electron chi connectivity index (χ2n) is 5.60. The molecule has 1 rings (SSSR count). The normalized spacial score (nSPS) is 21.6. The van der Waals surface area contributed by atoms with E-state index in [9.17, 15) is 4.79 Å². The monoisotopic (exact) mass is 241 g/mol. The molecule has 0 spiro atoms. The van der Waals surface area contributed by atoms with E-state index in [1.165, 1.54) is 0 Å². The van der Waals surface area contributed by atoms with E-state index in [0.29, 0.717) is 6.42 Å². The molecule has 1 fully saturated rings. The first kappa shape index (κ1) is 14.5. The molecule has 1 amide bonds. The Morgan fingerprint density at radius 3 is 2.12 bits per heavy atom. The van der Waals surface area contributed by atoms with E-state index >= 15 is 0 Å². The van der Waals surface area contributed by atoms with Crippen LogP contribution in [0.3, 0.4) is 0 Å². The van der Waals surface area contributed by atoms with Gasteiger partial charge in [0.25, 0.3) is 0 Å². The van der Waals surface area contributed by atoms with Gasteiger partial charge in [-0.25, -0.2) is 0 Å². The summed E-state index contributed by atoms with van der Waals surface area (Å²) in [6.07, 6.45) is 3.26. The Morgan fingerprint density at radius 2 is 1.65 bits per heavy atom. The van der Waals surface area contributed by atoms with Gasteiger partial charge in [0.05, 0.1) is 11.2 Å². The lowest BCUT2D eigenvalue weighted by atomic mass is 9.82. The van der Waals surface area contributed by atoms with Gasteiger partial charge in [0.15, 0.2) is 0 Å². The van der Waals surface area contributed by atoms with Crippen molar-refractivity contribution in [2.75, 3.05) is 7.05 Å². The van der Waals surface area contributed by atoms with Crippen molar-refractivity contribution in [1.82, 2.24) is 5.32 Å². The fourth-order valence-electron chi connectivity index (χ4n) is 1.80. The van der Waals surface area contributed by atoms with Gasteiger partial charge in [-0.05, 0) is 40.4 Å². The van der Waals surface area contributed by atoms with Gasteiger partial charge in [-0.3, -0.25) is 4.79 Å². The Labute approximate surface area is 105 Å². The summed E-state index contributed by atoms with van der Waals surface area (Å²) in [5, 5.41) is 2.62. The molecule has 0 aliphatic carbocycles. The van der Waals surface area contributed by atoms with E-state index in [4.69, 9.17) is 9.31 Å². The summed E-state index contributed by atoms with van der Waals surface area (Å²) in [4.78, 5) is 11.0. The number of nitrogens with one attached hydrogen (secondary N) is 1. The van der Waals surface area contributed by atoms with Gasteiger partial charge in [0, 0.05) is 13.5 Å². The maximum atomic E-state index is 11.0. The van der Waals surface area contributed by atoms with Crippen LogP contribution in [0.1, 0.15) is 47.0 Å². The molecule has 0 atom stereocenters. The largest absolute Gasteiger partial charge is 0.457 e. The molecular formula is C12H24BNO3. The summed E-state index contributed by atoms with van der Waals surface area (Å²) in [5.41, 5.74) is -0.503. The van der Waals surface area contributed by atoms with Crippen LogP contribution in [0.4, 0.5) is 0 Å². The van der Waals surface area contributed by atoms with Crippen molar-refractivity contribution in [3.8, 4) is 0 Å². The lowest BCUT2D eigenvalue weighted by Gasteiger charge is -2.32. The molecule has 5 heteroatoms. The fourth-order valence-corrected chi connectivity index (χ4v) is 1.80. The van der Waals surface area contributed by atoms with Gasteiger partial charge < -0.3 is 14.6 Å². The summed E-state index contributed by atoms with van der Waals surface area (Å²) in [7, 11) is 1.53. The zero-order valence-electron chi connectivity index (χ0n) is 11.6. The molecular weight excluding hydrogens is 217 g/mol. The number of carbonyl (C=O) groups is 1. The predicted octanol–water partition coefficient (Wildman–Crippen LogP) is 1.99. The molecule has 0 bridgehead atoms. The van der Waals surface area contributed by atoms with Crippen LogP contribution in [-0.4, -0.2) is 31.3 Å². The molecule has 1 aliphatic heterocycles. The first-order valence-corrected chi connectivity index (χ1v) is 6.35. The molecule has 1 saturated heterocycles. The summed E-state index contributed by atoms with van der Waals surface area (Å²) in [5.74, 6) is 0.0962. The smallest absolute Gasteiger partial charge is 0.403 e. The highest BCUT2D eigenvalue weighted by Crippen LogP contribution is 2.38. The Bertz CT molecular complexity index is 263. The average Bonchev–Trinajstić information content (AvgIpc) is 2.42. The average molecular weight is 241 g/mol. The highest BCUT2D eigenvalue weighted by Gasteiger charge is 2.50. The van der Waals surface area contributed by atoms with Crippen LogP contribution in [0.2, 0.25) is 6.32 Å². The van der Waals surface area contributed by atoms with Gasteiger partial charge in [0.2, 0.25) is 5.91 Å². The van der Waals surface area contributed by atoms with Gasteiger partial charge in [-0.1, -0.05) is 6.42 Å². The first-order chi connectivity index (χ1) is 7.78. The third-order valence-corrected chi connectivity index (χ3v) is 3.67. The number of hydrogen-bond donors (Lipinski definition) is 1. The summed E-state index contributed by atoms with van der Waals surface area (Å²) < 4.78 is 11.7. The van der Waals surface area contributed by atoms with Gasteiger partial charge in [-0.2, -0.15) is 0 Å². The second kappa shape index (κ2) is 5.40. The SMILES string of the molecule is CNC(=O)CCCCB1OC(C)(C)C(C)(C)O1. The molecule has 4 nitrogen and oxygen atoms in total. The zero-order valence-corrected chi connectivity index (χ0v) is 11.6. The highest BCUT2D eigenvalue weighted by atomic mass is 16.7. The third kappa shape index (κ3) is 3.71. The van der Waals surface area contributed by atoms with Crippen molar-refractivity contribution in [3.63, 3.8) is 0 Å². The number of unbranched alkanes of at least 4 members (excludes halogenated alkanes) is 1. The molecule has 0 aromatic rings. The van der Waals surface area contributed by atoms with Gasteiger partial charge in [0.1, 0.15) is 0 Å². The molecule has 0 aromatic carbocycles. The number of hydrogen-bond acceptors (Lipinski definition) is 3. The maximum absolute atomic E-state index is 11.0. The van der Waals surface area contributed by atoms with Crippen molar-refractivity contribution in [2.24, 2.45) is 0 Å². The van der Waals surface area contributed by atoms with Crippen molar-refractivity contribution in [1.29, 1.82) is 0 Å². The van der Waals surface area contributed by atoms with Crippen LogP contribution < -0.4 is 5.32 Å². The number of amides is 1. The van der Waals surface area contributed by atoms with Crippen LogP contribution in [0.5, 0.6) is 0 Å². The minimum Gasteiger partial charge on any atom is -0.403 e. The molecule has 98 valence electrons. The highest BCUT2D eigenvalue weighted by molar-refractivity contribution is 6.45. The molecule has 1 heterocycles. The minimum atomic E-state index is -0.252. The quantitative estimate of drug-likeness (QED) is 0.591. The Balaban J connectivity index is 2.25. The summed E-state index contributed by atoms with van der Waals surface area (Å²) in [6.45, 7) is 8.21. The van der Waals surface area contributed by atoms with E-state index in [1.54, 1.807) is 7.05 Å². The van der Waals surface area contributed by atoms with Crippen LogP contribution in [0, 0.1) is 0 Å². The van der Waals surface area contributed by atoms with Crippen molar-refractivity contribution in [2.45, 2.75) is 64.5 Å². The standard InChI is InChI=1S/C12H24BNO3/c1-11(2)12(3,4)17-13(16-11)9-7-6-8-10(15)14-5/h6-9H2,1-5H3,(H,14,15). The van der Waals surface area contributed by atoms with Crippen molar-refractivity contribution in [3.05, 3.63) is 0 Å². The van der Waals surface area contributed by atoms with E-state index in [2.05, 4.69) is 33.0 Å². The number of carbonyl (C=O) groups excluding carboxylic acids is 1. The predicted molar refractivity (Wildman–Crippen MR) is 68.8 cm³/mol. The van der Waals surface area contributed by atoms with Crippen molar-refractivity contribution < 1.29 is 14.1 Å². The molecule has 0 unspecified atom stereocenters. The van der Waals surface area contributed by atoms with E-state index in [1.807, 2.05) is 0 Å². The van der Waals surface area contributed by atoms with E-state index in [-0.39, 0.29) is 24.2 Å². The minimum absolute atomic E-state index is 0.0962. The second-order valence-corrected chi connectivity index (χ2v) is 5.60. The van der Waals surface area contributed by atoms with Crippen LogP contribution in [0.15, 0.2) is 0 Å². The third-order valence-electron chi connectivity index (χ3n) is 3.67. The Morgan fingerprint density at radius 1 is 1.12 bits per heavy atom. The molecule has 0 saturated carbocycles. The van der Waals surface area contributed by atoms with E-state index < -0.39 is 0 Å². The number of rotatable bonds is 5. The lowest BCUT2D eigenvalue weighted by molar-refractivity contribution is -0.120. The molecule has 17 heavy (non-hydrogen) atoms. The van der Waals surface area contributed by atoms with Crippen LogP contribution >= 0.6 is 0 Å². The first-order valence-electron chi connectivity index (χ1n) is 6.35. The molecule has 0 aromatic heterocycles. The lowest BCUT2D eigenvalue weighted by Crippen LogP contribution is -2.41. The Kier molecular flexibility index (Phi) is 4.61. The molecule has 1 N–H and O–H groups in total. The van der Waals surface area contributed by atoms with Gasteiger partial charge in [-0.15, -0.1) is 0 Å². The van der Waals surface area contributed by atoms with E-state index in [0.717, 1.165) is 19.2 Å². The van der Waals surface area contributed by atoms with Gasteiger partial charge >= 0.3 is 7.12 Å². The fraction of sp³-hybridized carbons (Fsp3) is 0.917. The summed E-state index contributed by atoms with van der Waals surface area (Å²) >= 11 is 0. The van der Waals surface area contributed by atoms with Crippen LogP contribution in [0.25, 0.3) is 0 Å². The maximum Gasteiger partial charge on any atom is 0.457 e. The summed E-state index contributed by atoms with van der Waals surface area (Å²) in [6, 6.07) is 0. The molecule has 1 aliphatic rings. The molecule has 0 radical (unpaired) electrons. The Hall–Kier alpha value is -0.545. The van der Waals surface area contributed by atoms with Crippen molar-refractivity contribution >= 4 is 13.0 Å².